The molecule has 5 rings (SSSR count). The first kappa shape index (κ1) is 41.0. The highest BCUT2D eigenvalue weighted by Gasteiger charge is 2.32. The summed E-state index contributed by atoms with van der Waals surface area (Å²) in [5.74, 6) is 0.179. The minimum absolute atomic E-state index is 0.0554. The fraction of sp³-hybridized carbons (Fsp3) is 0.282. The maximum Gasteiger partial charge on any atom is 0.258 e. The summed E-state index contributed by atoms with van der Waals surface area (Å²) in [5.41, 5.74) is 4.36. The Morgan fingerprint density at radius 2 is 1.57 bits per heavy atom. The first-order valence-corrected chi connectivity index (χ1v) is 21.3. The summed E-state index contributed by atoms with van der Waals surface area (Å²) in [6.07, 6.45) is 7.71. The maximum absolute atomic E-state index is 13.6. The Balaban J connectivity index is 1.01. The van der Waals surface area contributed by atoms with Crippen LogP contribution in [0, 0.1) is 0 Å². The van der Waals surface area contributed by atoms with Gasteiger partial charge in [0.05, 0.1) is 32.2 Å². The van der Waals surface area contributed by atoms with Crippen molar-refractivity contribution in [3.05, 3.63) is 113 Å². The SMILES string of the molecule is COc1ccc(Cl)cc1C(=O)NCCc1ccc(S(=O)(=O)NCCCCCCCCN2C(=O)C(=Cc3cc(Br)c(O)c(Br)c3)c3cc(Br)ccc32)cc1. The lowest BCUT2D eigenvalue weighted by Crippen LogP contribution is -2.27. The molecule has 0 saturated heterocycles. The van der Waals surface area contributed by atoms with E-state index in [1.807, 2.05) is 29.2 Å². The van der Waals surface area contributed by atoms with Gasteiger partial charge in [0.1, 0.15) is 11.5 Å². The van der Waals surface area contributed by atoms with Gasteiger partial charge in [-0.05, 0) is 129 Å². The second-order valence-electron chi connectivity index (χ2n) is 12.5. The number of anilines is 1. The largest absolute Gasteiger partial charge is 0.506 e. The predicted molar refractivity (Wildman–Crippen MR) is 221 cm³/mol. The lowest BCUT2D eigenvalue weighted by atomic mass is 10.0. The molecule has 280 valence electrons. The Hall–Kier alpha value is -3.20. The van der Waals surface area contributed by atoms with Gasteiger partial charge in [-0.3, -0.25) is 9.59 Å². The summed E-state index contributed by atoms with van der Waals surface area (Å²) in [4.78, 5) is 28.2. The minimum Gasteiger partial charge on any atom is -0.506 e. The van der Waals surface area contributed by atoms with Crippen LogP contribution in [0.15, 0.2) is 91.1 Å². The number of phenols is 1. The van der Waals surface area contributed by atoms with Gasteiger partial charge in [0.25, 0.3) is 11.8 Å². The molecule has 1 heterocycles. The second kappa shape index (κ2) is 18.9. The van der Waals surface area contributed by atoms with Crippen molar-refractivity contribution < 1.29 is 27.9 Å². The normalized spacial score (nSPS) is 13.4. The van der Waals surface area contributed by atoms with E-state index in [0.717, 1.165) is 65.4 Å². The molecular weight excluding hydrogens is 914 g/mol. The predicted octanol–water partition coefficient (Wildman–Crippen LogP) is 9.52. The van der Waals surface area contributed by atoms with Crippen LogP contribution < -0.4 is 19.7 Å². The average molecular weight is 953 g/mol. The topological polar surface area (TPSA) is 125 Å². The molecule has 0 fully saturated rings. The standard InChI is InChI=1S/C39H39Br3ClN3O6S/c1-52-36-15-11-28(43)24-32(36)38(48)44-18-16-25-8-12-29(13-9-25)53(50,51)45-17-6-4-2-3-5-7-19-46-35-14-10-27(40)23-30(35)31(39(46)49)20-26-21-33(41)37(47)34(42)22-26/h8-15,20-24,45,47H,2-7,16-19H2,1H3,(H,44,48). The molecule has 4 aromatic rings. The van der Waals surface area contributed by atoms with Crippen LogP contribution in [0.4, 0.5) is 5.69 Å². The summed E-state index contributed by atoms with van der Waals surface area (Å²) < 4.78 is 35.6. The number of phenolic OH excluding ortho intramolecular Hbond substituents is 1. The molecule has 1 aliphatic heterocycles. The number of benzene rings is 4. The molecule has 0 aliphatic carbocycles. The van der Waals surface area contributed by atoms with E-state index in [1.54, 1.807) is 54.6 Å². The molecule has 0 radical (unpaired) electrons. The first-order chi connectivity index (χ1) is 25.4. The number of aromatic hydroxyl groups is 1. The van der Waals surface area contributed by atoms with Crippen LogP contribution in [-0.4, -0.2) is 52.1 Å². The quantitative estimate of drug-likeness (QED) is 0.0716. The van der Waals surface area contributed by atoms with E-state index in [4.69, 9.17) is 16.3 Å². The van der Waals surface area contributed by atoms with Crippen molar-refractivity contribution in [1.29, 1.82) is 0 Å². The molecule has 0 spiro atoms. The van der Waals surface area contributed by atoms with Gasteiger partial charge in [-0.15, -0.1) is 0 Å². The number of unbranched alkanes of at least 4 members (excludes halogenated alkanes) is 5. The number of hydrogen-bond donors (Lipinski definition) is 3. The molecule has 14 heteroatoms. The van der Waals surface area contributed by atoms with Crippen molar-refractivity contribution in [1.82, 2.24) is 10.0 Å². The Labute approximate surface area is 340 Å². The number of fused-ring (bicyclic) bond motifs is 1. The number of halogens is 4. The Morgan fingerprint density at radius 3 is 2.26 bits per heavy atom. The lowest BCUT2D eigenvalue weighted by molar-refractivity contribution is -0.113. The highest BCUT2D eigenvalue weighted by molar-refractivity contribution is 9.11. The van der Waals surface area contributed by atoms with Crippen molar-refractivity contribution in [2.75, 3.05) is 31.6 Å². The van der Waals surface area contributed by atoms with Gasteiger partial charge >= 0.3 is 0 Å². The molecule has 4 aromatic carbocycles. The Bertz CT molecular complexity index is 2090. The molecule has 0 bridgehead atoms. The third-order valence-corrected chi connectivity index (χ3v) is 12.2. The third-order valence-electron chi connectivity index (χ3n) is 8.80. The number of carbonyl (C=O) groups is 2. The van der Waals surface area contributed by atoms with E-state index < -0.39 is 10.0 Å². The van der Waals surface area contributed by atoms with Crippen LogP contribution >= 0.6 is 59.4 Å². The van der Waals surface area contributed by atoms with Crippen LogP contribution in [-0.2, 0) is 21.2 Å². The number of nitrogens with zero attached hydrogens (tertiary/aromatic N) is 1. The molecule has 3 N–H and O–H groups in total. The number of methoxy groups -OCH3 is 1. The van der Waals surface area contributed by atoms with Crippen LogP contribution in [0.2, 0.25) is 5.02 Å². The molecule has 0 atom stereocenters. The van der Waals surface area contributed by atoms with Gasteiger partial charge in [-0.1, -0.05) is 65.3 Å². The van der Waals surface area contributed by atoms with Crippen LogP contribution in [0.1, 0.15) is 65.6 Å². The summed E-state index contributed by atoms with van der Waals surface area (Å²) >= 11 is 16.3. The van der Waals surface area contributed by atoms with Crippen molar-refractivity contribution in [2.24, 2.45) is 0 Å². The van der Waals surface area contributed by atoms with Gasteiger partial charge in [0.2, 0.25) is 10.0 Å². The monoisotopic (exact) mass is 949 g/mol. The molecule has 0 aromatic heterocycles. The van der Waals surface area contributed by atoms with Crippen LogP contribution in [0.3, 0.4) is 0 Å². The molecule has 0 saturated carbocycles. The second-order valence-corrected chi connectivity index (χ2v) is 17.4. The zero-order chi connectivity index (χ0) is 38.1. The number of rotatable bonds is 17. The Kier molecular flexibility index (Phi) is 14.6. The summed E-state index contributed by atoms with van der Waals surface area (Å²) in [6.45, 7) is 1.30. The van der Waals surface area contributed by atoms with Gasteiger partial charge in [0, 0.05) is 40.3 Å². The summed E-state index contributed by atoms with van der Waals surface area (Å²) in [7, 11) is -2.15. The number of ether oxygens (including phenoxy) is 1. The Morgan fingerprint density at radius 1 is 0.887 bits per heavy atom. The summed E-state index contributed by atoms with van der Waals surface area (Å²) in [5, 5.41) is 13.4. The molecule has 53 heavy (non-hydrogen) atoms. The maximum atomic E-state index is 13.6. The van der Waals surface area contributed by atoms with Crippen LogP contribution in [0.25, 0.3) is 11.6 Å². The van der Waals surface area contributed by atoms with E-state index >= 15 is 0 Å². The number of sulfonamides is 1. The zero-order valence-corrected chi connectivity index (χ0v) is 35.3. The molecule has 2 amide bonds. The van der Waals surface area contributed by atoms with E-state index in [9.17, 15) is 23.1 Å². The molecular formula is C39H39Br3ClN3O6S. The van der Waals surface area contributed by atoms with Crippen molar-refractivity contribution in [2.45, 2.75) is 49.8 Å². The number of hydrogen-bond acceptors (Lipinski definition) is 6. The van der Waals surface area contributed by atoms with Gasteiger partial charge in [-0.25, -0.2) is 13.1 Å². The van der Waals surface area contributed by atoms with Crippen molar-refractivity contribution in [3.8, 4) is 11.5 Å². The molecule has 9 nitrogen and oxygen atoms in total. The fourth-order valence-electron chi connectivity index (χ4n) is 6.03. The molecule has 1 aliphatic rings. The van der Waals surface area contributed by atoms with E-state index in [2.05, 4.69) is 57.8 Å². The number of nitrogens with one attached hydrogen (secondary N) is 2. The smallest absolute Gasteiger partial charge is 0.258 e. The zero-order valence-electron chi connectivity index (χ0n) is 28.9. The highest BCUT2D eigenvalue weighted by Crippen LogP contribution is 2.41. The third kappa shape index (κ3) is 10.7. The van der Waals surface area contributed by atoms with E-state index in [1.165, 1.54) is 7.11 Å². The van der Waals surface area contributed by atoms with Gasteiger partial charge in [0.15, 0.2) is 0 Å². The van der Waals surface area contributed by atoms with E-state index in [0.29, 0.717) is 56.9 Å². The van der Waals surface area contributed by atoms with Crippen molar-refractivity contribution >= 4 is 98.6 Å². The number of carbonyl (C=O) groups excluding carboxylic acids is 2. The number of amides is 2. The first-order valence-electron chi connectivity index (χ1n) is 17.1. The minimum atomic E-state index is -3.64. The molecule has 0 unspecified atom stereocenters. The fourth-order valence-corrected chi connectivity index (χ4v) is 8.86. The van der Waals surface area contributed by atoms with Gasteiger partial charge in [-0.2, -0.15) is 0 Å². The average Bonchev–Trinajstić information content (AvgIpc) is 3.38. The highest BCUT2D eigenvalue weighted by atomic mass is 79.9. The van der Waals surface area contributed by atoms with Crippen molar-refractivity contribution in [3.63, 3.8) is 0 Å². The lowest BCUT2D eigenvalue weighted by Gasteiger charge is -2.17. The van der Waals surface area contributed by atoms with Gasteiger partial charge < -0.3 is 20.1 Å². The summed E-state index contributed by atoms with van der Waals surface area (Å²) in [6, 6.07) is 20.9. The van der Waals surface area contributed by atoms with E-state index in [-0.39, 0.29) is 22.5 Å². The van der Waals surface area contributed by atoms with Crippen LogP contribution in [0.5, 0.6) is 11.5 Å².